The predicted octanol–water partition coefficient (Wildman–Crippen LogP) is 22.7. The van der Waals surface area contributed by atoms with E-state index >= 15 is 0 Å². The van der Waals surface area contributed by atoms with Crippen molar-refractivity contribution in [3.63, 3.8) is 0 Å². The summed E-state index contributed by atoms with van der Waals surface area (Å²) in [6.07, 6.45) is 93.4. The van der Waals surface area contributed by atoms with E-state index in [1.165, 1.54) is 302 Å². The molecule has 91 heavy (non-hydrogen) atoms. The van der Waals surface area contributed by atoms with Crippen LogP contribution in [0.15, 0.2) is 72.9 Å². The second-order valence-electron chi connectivity index (χ2n) is 27.5. The van der Waals surface area contributed by atoms with Crippen molar-refractivity contribution in [2.45, 2.75) is 429 Å². The first-order chi connectivity index (χ1) is 44.8. The molecule has 9 nitrogen and oxygen atoms in total. The lowest BCUT2D eigenvalue weighted by atomic mass is 9.99. The molecule has 1 aliphatic rings. The molecule has 0 aromatic carbocycles. The van der Waals surface area contributed by atoms with Crippen LogP contribution < -0.4 is 5.32 Å². The monoisotopic (exact) mass is 1280 g/mol. The molecule has 7 atom stereocenters. The molecule has 0 aromatic rings. The van der Waals surface area contributed by atoms with Gasteiger partial charge in [-0.15, -0.1) is 0 Å². The summed E-state index contributed by atoms with van der Waals surface area (Å²) in [6, 6.07) is -0.825. The molecule has 6 N–H and O–H groups in total. The van der Waals surface area contributed by atoms with Crippen LogP contribution in [0.3, 0.4) is 0 Å². The number of rotatable bonds is 70. The molecule has 1 saturated heterocycles. The lowest BCUT2D eigenvalue weighted by Crippen LogP contribution is -2.60. The van der Waals surface area contributed by atoms with E-state index in [1.54, 1.807) is 6.08 Å². The molecule has 0 saturated carbocycles. The van der Waals surface area contributed by atoms with Gasteiger partial charge in [0.25, 0.3) is 0 Å². The van der Waals surface area contributed by atoms with Crippen molar-refractivity contribution in [1.82, 2.24) is 5.32 Å². The van der Waals surface area contributed by atoms with E-state index in [-0.39, 0.29) is 12.5 Å². The van der Waals surface area contributed by atoms with Gasteiger partial charge in [0.1, 0.15) is 24.4 Å². The van der Waals surface area contributed by atoms with Crippen molar-refractivity contribution < 1.29 is 39.8 Å². The third-order valence-electron chi connectivity index (χ3n) is 18.8. The smallest absolute Gasteiger partial charge is 0.220 e. The Hall–Kier alpha value is -2.37. The van der Waals surface area contributed by atoms with E-state index in [4.69, 9.17) is 9.47 Å². The van der Waals surface area contributed by atoms with Crippen LogP contribution in [-0.2, 0) is 14.3 Å². The number of aliphatic hydroxyl groups is 5. The summed E-state index contributed by atoms with van der Waals surface area (Å²) < 4.78 is 11.3. The summed E-state index contributed by atoms with van der Waals surface area (Å²) in [5.41, 5.74) is 0. The topological polar surface area (TPSA) is 149 Å². The number of nitrogens with one attached hydrogen (secondary N) is 1. The zero-order valence-corrected chi connectivity index (χ0v) is 59.9. The van der Waals surface area contributed by atoms with Gasteiger partial charge in [0.15, 0.2) is 6.29 Å². The summed E-state index contributed by atoms with van der Waals surface area (Å²) in [4.78, 5) is 13.2. The molecule has 1 fully saturated rings. The number of hydrogen-bond acceptors (Lipinski definition) is 8. The van der Waals surface area contributed by atoms with Gasteiger partial charge in [-0.1, -0.05) is 382 Å². The second kappa shape index (κ2) is 70.4. The van der Waals surface area contributed by atoms with Gasteiger partial charge in [-0.3, -0.25) is 4.79 Å². The Kier molecular flexibility index (Phi) is 67.1. The minimum atomic E-state index is -1.57. The molecule has 1 aliphatic heterocycles. The number of allylic oxidation sites excluding steroid dienone is 11. The van der Waals surface area contributed by atoms with Gasteiger partial charge < -0.3 is 40.3 Å². The van der Waals surface area contributed by atoms with Gasteiger partial charge in [0, 0.05) is 6.42 Å². The summed E-state index contributed by atoms with van der Waals surface area (Å²) in [5.74, 6) is -0.180. The molecular weight excluding hydrogens is 1130 g/mol. The van der Waals surface area contributed by atoms with E-state index in [1.807, 2.05) is 6.08 Å². The predicted molar refractivity (Wildman–Crippen MR) is 392 cm³/mol. The van der Waals surface area contributed by atoms with E-state index < -0.39 is 49.5 Å². The minimum Gasteiger partial charge on any atom is -0.394 e. The van der Waals surface area contributed by atoms with Crippen LogP contribution in [0.1, 0.15) is 386 Å². The third-order valence-corrected chi connectivity index (χ3v) is 18.8. The zero-order valence-electron chi connectivity index (χ0n) is 59.9. The lowest BCUT2D eigenvalue weighted by Gasteiger charge is -2.40. The van der Waals surface area contributed by atoms with E-state index in [2.05, 4.69) is 79.9 Å². The number of unbranched alkanes of at least 4 members (excludes halogenated alkanes) is 50. The maximum absolute atomic E-state index is 13.2. The average Bonchev–Trinajstić information content (AvgIpc) is 1.70. The summed E-state index contributed by atoms with van der Waals surface area (Å²) >= 11 is 0. The average molecular weight is 1280 g/mol. The fourth-order valence-electron chi connectivity index (χ4n) is 12.6. The van der Waals surface area contributed by atoms with Gasteiger partial charge >= 0.3 is 0 Å². The van der Waals surface area contributed by atoms with Crippen LogP contribution in [0.5, 0.6) is 0 Å². The lowest BCUT2D eigenvalue weighted by molar-refractivity contribution is -0.302. The molecule has 1 rings (SSSR count). The van der Waals surface area contributed by atoms with Gasteiger partial charge in [0.05, 0.1) is 25.4 Å². The molecule has 0 bridgehead atoms. The standard InChI is InChI=1S/C82H151NO8/c1-3-5-7-9-11-13-15-17-19-21-23-25-27-29-31-33-35-36-37-38-39-40-42-44-46-48-50-52-54-56-58-60-62-64-66-68-70-72-78(86)83-75(74-90-82-81(89)80(88)79(87)77(73-84)91-82)76(85)71-69-67-65-63-61-59-57-55-53-51-49-47-45-43-41-34-32-30-28-26-24-22-20-18-16-14-12-10-8-6-4-2/h5,7,11,13,17,19,23,25,61,63,69,71,75-77,79-82,84-85,87-89H,3-4,6,8-10,12,14-16,18,20-22,24,26-60,62,64-68,70,72-74H2,1-2H3,(H,83,86)/b7-5-,13-11-,19-17-,25-23-,63-61+,71-69+. The Balaban J connectivity index is 2.08. The van der Waals surface area contributed by atoms with Crippen LogP contribution in [0.4, 0.5) is 0 Å². The number of carbonyl (C=O) groups excluding carboxylic acids is 1. The van der Waals surface area contributed by atoms with Gasteiger partial charge in [0.2, 0.25) is 5.91 Å². The zero-order chi connectivity index (χ0) is 65.7. The normalized spacial score (nSPS) is 18.1. The molecule has 1 amide bonds. The van der Waals surface area contributed by atoms with E-state index in [0.717, 1.165) is 64.2 Å². The van der Waals surface area contributed by atoms with Crippen molar-refractivity contribution in [1.29, 1.82) is 0 Å². The first-order valence-electron chi connectivity index (χ1n) is 39.7. The van der Waals surface area contributed by atoms with Crippen LogP contribution in [-0.4, -0.2) is 87.5 Å². The number of hydrogen-bond donors (Lipinski definition) is 6. The van der Waals surface area contributed by atoms with Crippen molar-refractivity contribution >= 4 is 5.91 Å². The molecule has 0 spiro atoms. The molecule has 0 aromatic heterocycles. The first kappa shape index (κ1) is 86.6. The summed E-state index contributed by atoms with van der Waals surface area (Å²) in [7, 11) is 0. The van der Waals surface area contributed by atoms with Crippen molar-refractivity contribution in [3.05, 3.63) is 72.9 Å². The van der Waals surface area contributed by atoms with Crippen LogP contribution in [0.25, 0.3) is 0 Å². The summed E-state index contributed by atoms with van der Waals surface area (Å²) in [6.45, 7) is 3.71. The number of aliphatic hydroxyl groups excluding tert-OH is 5. The van der Waals surface area contributed by atoms with Crippen molar-refractivity contribution in [2.24, 2.45) is 0 Å². The van der Waals surface area contributed by atoms with Crippen LogP contribution in [0.2, 0.25) is 0 Å². The SMILES string of the molecule is CC/C=C\C/C=C\C/C=C\C/C=C\CCCCCCCCCCCCCCCCCCCCCCCCCCC(=O)NC(COC1OC(CO)C(O)C(O)C1O)C(O)/C=C/CC/C=C/CCCCCCCCCCCCCCCCCCCCCCCCCCC. The Labute approximate surface area is 563 Å². The first-order valence-corrected chi connectivity index (χ1v) is 39.7. The number of amides is 1. The van der Waals surface area contributed by atoms with E-state index in [0.29, 0.717) is 6.42 Å². The Morgan fingerprint density at radius 1 is 0.385 bits per heavy atom. The highest BCUT2D eigenvalue weighted by molar-refractivity contribution is 5.76. The maximum Gasteiger partial charge on any atom is 0.220 e. The molecule has 9 heteroatoms. The molecule has 0 radical (unpaired) electrons. The molecular formula is C82H151NO8. The second-order valence-corrected chi connectivity index (χ2v) is 27.5. The Morgan fingerprint density at radius 3 is 1.05 bits per heavy atom. The molecule has 532 valence electrons. The number of carbonyl (C=O) groups is 1. The van der Waals surface area contributed by atoms with Gasteiger partial charge in [-0.25, -0.2) is 0 Å². The highest BCUT2D eigenvalue weighted by Gasteiger charge is 2.44. The fourth-order valence-corrected chi connectivity index (χ4v) is 12.6. The molecule has 0 aliphatic carbocycles. The largest absolute Gasteiger partial charge is 0.394 e. The number of ether oxygens (including phenoxy) is 2. The molecule has 1 heterocycles. The van der Waals surface area contributed by atoms with Gasteiger partial charge in [-0.05, 0) is 70.6 Å². The minimum absolute atomic E-state index is 0.180. The Bertz CT molecular complexity index is 1670. The van der Waals surface area contributed by atoms with Crippen LogP contribution in [0, 0.1) is 0 Å². The molecule has 7 unspecified atom stereocenters. The fraction of sp³-hybridized carbons (Fsp3) is 0.841. The van der Waals surface area contributed by atoms with Crippen molar-refractivity contribution in [2.75, 3.05) is 13.2 Å². The Morgan fingerprint density at radius 2 is 0.692 bits per heavy atom. The van der Waals surface area contributed by atoms with Crippen molar-refractivity contribution in [3.8, 4) is 0 Å². The van der Waals surface area contributed by atoms with E-state index in [9.17, 15) is 30.3 Å². The van der Waals surface area contributed by atoms with Gasteiger partial charge in [-0.2, -0.15) is 0 Å². The highest BCUT2D eigenvalue weighted by Crippen LogP contribution is 2.24. The quantitative estimate of drug-likeness (QED) is 0.0261. The maximum atomic E-state index is 13.2. The highest BCUT2D eigenvalue weighted by atomic mass is 16.7. The summed E-state index contributed by atoms with van der Waals surface area (Å²) in [5, 5.41) is 54.9. The third kappa shape index (κ3) is 58.7. The van der Waals surface area contributed by atoms with Crippen LogP contribution >= 0.6 is 0 Å².